The Kier molecular flexibility index (Phi) is 28.3. The molecule has 0 radical (unpaired) electrons. The van der Waals surface area contributed by atoms with E-state index < -0.39 is 146 Å². The van der Waals surface area contributed by atoms with Gasteiger partial charge in [0.1, 0.15) is 48.7 Å². The molecule has 27 heteroatoms. The van der Waals surface area contributed by atoms with Crippen molar-refractivity contribution in [1.82, 2.24) is 42.1 Å². The lowest BCUT2D eigenvalue weighted by molar-refractivity contribution is -0.157. The fraction of sp³-hybridized carbons (Fsp3) is 0.581. The molecule has 492 valence electrons. The molecule has 8 N–H and O–H groups in total. The van der Waals surface area contributed by atoms with Crippen LogP contribution in [0.15, 0.2) is 67.3 Å². The third-order valence-corrected chi connectivity index (χ3v) is 16.2. The van der Waals surface area contributed by atoms with E-state index in [1.54, 1.807) is 71.0 Å². The largest absolute Gasteiger partial charge is 0.495 e. The van der Waals surface area contributed by atoms with Crippen LogP contribution >= 0.6 is 11.6 Å². The Labute approximate surface area is 526 Å². The summed E-state index contributed by atoms with van der Waals surface area (Å²) in [5.41, 5.74) is 0.472. The first-order valence-electron chi connectivity index (χ1n) is 29.6. The molecule has 9 atom stereocenters. The van der Waals surface area contributed by atoms with E-state index in [4.69, 9.17) is 35.1 Å². The Morgan fingerprint density at radius 3 is 2.16 bits per heavy atom. The summed E-state index contributed by atoms with van der Waals surface area (Å²) < 4.78 is 53.6. The summed E-state index contributed by atoms with van der Waals surface area (Å²) >= 11 is 6.42. The molecular weight excluding hydrogens is 1200 g/mol. The van der Waals surface area contributed by atoms with Gasteiger partial charge in [0.2, 0.25) is 47.3 Å². The summed E-state index contributed by atoms with van der Waals surface area (Å²) in [6.45, 7) is 20.2. The van der Waals surface area contributed by atoms with Crippen LogP contribution < -0.4 is 42.0 Å². The van der Waals surface area contributed by atoms with Crippen molar-refractivity contribution in [2.24, 2.45) is 22.7 Å². The Balaban J connectivity index is 1.39. The number of ether oxygens (including phenoxy) is 4. The van der Waals surface area contributed by atoms with Crippen molar-refractivity contribution >= 4 is 80.9 Å². The van der Waals surface area contributed by atoms with Gasteiger partial charge < -0.3 is 61.1 Å². The zero-order valence-corrected chi connectivity index (χ0v) is 54.2. The Morgan fingerprint density at radius 2 is 1.54 bits per heavy atom. The summed E-state index contributed by atoms with van der Waals surface area (Å²) in [6, 6.07) is 7.26. The minimum absolute atomic E-state index is 0.0582. The quantitative estimate of drug-likeness (QED) is 0.0259. The highest BCUT2D eigenvalue weighted by atomic mass is 35.5. The predicted molar refractivity (Wildman–Crippen MR) is 330 cm³/mol. The van der Waals surface area contributed by atoms with Crippen LogP contribution in [-0.2, 0) is 85.2 Å². The van der Waals surface area contributed by atoms with Gasteiger partial charge in [-0.25, -0.2) is 4.79 Å². The second-order valence-electron chi connectivity index (χ2n) is 24.4. The number of hydrogen-bond donors (Lipinski definition) is 8. The number of benzene rings is 2. The van der Waals surface area contributed by atoms with Gasteiger partial charge in [-0.15, -0.1) is 0 Å². The van der Waals surface area contributed by atoms with Crippen LogP contribution in [0.2, 0.25) is 5.02 Å². The molecule has 8 amide bonds. The lowest BCUT2D eigenvalue weighted by Crippen LogP contribution is -2.58. The third kappa shape index (κ3) is 24.8. The molecule has 2 aliphatic heterocycles. The molecule has 0 unspecified atom stereocenters. The average Bonchev–Trinajstić information content (AvgIpc) is 1.88. The van der Waals surface area contributed by atoms with Gasteiger partial charge in [-0.05, 0) is 80.3 Å². The van der Waals surface area contributed by atoms with Crippen LogP contribution in [0.1, 0.15) is 131 Å². The molecule has 0 saturated carbocycles. The number of hydrogen-bond acceptors (Lipinski definition) is 16. The Bertz CT molecular complexity index is 3010. The monoisotopic (exact) mass is 1280 g/mol. The lowest BCUT2D eigenvalue weighted by Gasteiger charge is -2.35. The maximum Gasteiger partial charge on any atom is 0.328 e. The second-order valence-corrected chi connectivity index (χ2v) is 26.4. The second kappa shape index (κ2) is 34.0. The highest BCUT2D eigenvalue weighted by Gasteiger charge is 2.48. The van der Waals surface area contributed by atoms with Crippen molar-refractivity contribution in [3.05, 3.63) is 89.0 Å². The zero-order chi connectivity index (χ0) is 66.6. The molecule has 1 fully saturated rings. The minimum atomic E-state index is -4.32. The van der Waals surface area contributed by atoms with Crippen molar-refractivity contribution in [3.8, 4) is 5.75 Å². The molecule has 0 aromatic heterocycles. The number of cyclic esters (lactones) is 1. The number of esters is 2. The van der Waals surface area contributed by atoms with E-state index in [9.17, 15) is 56.4 Å². The standard InChI is InChI=1S/C62H89ClN8O17S/c1-13-30-86-52(76)26-29-71(51(75)24-23-48(72)64-27-31-89(82,83)84)28-25-50(74)70-53(36(2)3)58(79)66-38(5)56(77)65-35-40-17-20-42(21-18-40)55-54(88-55)37(4)46-15-14-16-49(73)68-44(33-41-19-22-47(85-12)43(63)32-41)57(78)67-39(6)62(10,11)60(81)69-45(59(80)87-46)34-61(7,8)9/h13-14,16-22,32,36-39,44-46,53-55H,1,15,23-31,33-35H2,2-12H3,(H,64,72)(H,65,77)(H,66,79)(H,67,78)(H,68,73)(H,69,81)(H,70,74)(H,82,83,84)/b16-14+/t37-,38-,39-,44+,45-,46-,53-,54+,55+/m0/s1. The molecule has 2 aromatic carbocycles. The van der Waals surface area contributed by atoms with E-state index in [2.05, 4.69) is 43.8 Å². The van der Waals surface area contributed by atoms with Crippen molar-refractivity contribution in [3.63, 3.8) is 0 Å². The number of epoxide rings is 1. The van der Waals surface area contributed by atoms with Gasteiger partial charge in [-0.3, -0.25) is 47.7 Å². The van der Waals surface area contributed by atoms with Crippen LogP contribution in [0.4, 0.5) is 0 Å². The van der Waals surface area contributed by atoms with Crippen LogP contribution in [0.5, 0.6) is 5.75 Å². The fourth-order valence-corrected chi connectivity index (χ4v) is 10.0. The maximum absolute atomic E-state index is 14.3. The highest BCUT2D eigenvalue weighted by Crippen LogP contribution is 2.45. The average molecular weight is 1290 g/mol. The Hall–Kier alpha value is -7.42. The van der Waals surface area contributed by atoms with E-state index >= 15 is 0 Å². The van der Waals surface area contributed by atoms with E-state index in [-0.39, 0.29) is 77.7 Å². The first-order valence-corrected chi connectivity index (χ1v) is 31.6. The van der Waals surface area contributed by atoms with Crippen molar-refractivity contribution in [1.29, 1.82) is 0 Å². The summed E-state index contributed by atoms with van der Waals surface area (Å²) in [4.78, 5) is 135. The molecule has 4 rings (SSSR count). The molecule has 2 aromatic rings. The van der Waals surface area contributed by atoms with Gasteiger partial charge >= 0.3 is 11.9 Å². The van der Waals surface area contributed by atoms with E-state index in [0.717, 1.165) is 5.56 Å². The number of carbonyl (C=O) groups excluding carboxylic acids is 10. The number of halogens is 1. The molecule has 2 aliphatic rings. The SMILES string of the molecule is C=CCOC(=O)CCN(CCC(=O)N[C@H](C(=O)N[C@@H](C)C(=O)NCc1ccc([C@H]2O[C@@H]2[C@@H](C)[C@@H]2C/C=C/C(=O)N[C@H](Cc3ccc(OC)c(Cl)c3)C(=O)N[C@@H](C)C(C)(C)C(=O)N[C@@H](CC(C)(C)C)C(=O)O2)cc1)C(C)C)C(=O)CCC(=O)NCCS(=O)(=O)O. The maximum atomic E-state index is 14.3. The van der Waals surface area contributed by atoms with Crippen LogP contribution in [0, 0.1) is 22.7 Å². The topological polar surface area (TPSA) is 353 Å². The highest BCUT2D eigenvalue weighted by molar-refractivity contribution is 7.85. The molecule has 2 heterocycles. The van der Waals surface area contributed by atoms with Crippen LogP contribution in [0.3, 0.4) is 0 Å². The summed E-state index contributed by atoms with van der Waals surface area (Å²) in [7, 11) is -2.84. The molecule has 25 nitrogen and oxygen atoms in total. The smallest absolute Gasteiger partial charge is 0.328 e. The summed E-state index contributed by atoms with van der Waals surface area (Å²) in [5.74, 6) is -7.18. The van der Waals surface area contributed by atoms with E-state index in [1.165, 1.54) is 31.1 Å². The fourth-order valence-electron chi connectivity index (χ4n) is 9.41. The lowest BCUT2D eigenvalue weighted by atomic mass is 9.82. The van der Waals surface area contributed by atoms with Gasteiger partial charge in [0.05, 0.1) is 35.8 Å². The summed E-state index contributed by atoms with van der Waals surface area (Å²) in [6.07, 6.45) is 1.61. The van der Waals surface area contributed by atoms with Gasteiger partial charge in [0.25, 0.3) is 10.1 Å². The molecule has 0 spiro atoms. The summed E-state index contributed by atoms with van der Waals surface area (Å²) in [5, 5.41) is 19.3. The van der Waals surface area contributed by atoms with Gasteiger partial charge in [-0.2, -0.15) is 8.42 Å². The Morgan fingerprint density at radius 1 is 0.876 bits per heavy atom. The van der Waals surface area contributed by atoms with Crippen LogP contribution in [0.25, 0.3) is 0 Å². The normalized spacial score (nSPS) is 21.2. The van der Waals surface area contributed by atoms with Gasteiger partial charge in [0, 0.05) is 70.2 Å². The van der Waals surface area contributed by atoms with Crippen molar-refractivity contribution in [2.45, 2.75) is 169 Å². The number of nitrogens with one attached hydrogen (secondary N) is 7. The van der Waals surface area contributed by atoms with E-state index in [1.807, 2.05) is 39.8 Å². The van der Waals surface area contributed by atoms with Gasteiger partial charge in [0.15, 0.2) is 0 Å². The number of carbonyl (C=O) groups is 10. The minimum Gasteiger partial charge on any atom is -0.495 e. The molecular formula is C62H89ClN8O17S. The number of rotatable bonds is 28. The van der Waals surface area contributed by atoms with E-state index in [0.29, 0.717) is 21.9 Å². The number of amides is 8. The van der Waals surface area contributed by atoms with Gasteiger partial charge in [-0.1, -0.05) is 102 Å². The molecule has 0 aliphatic carbocycles. The third-order valence-electron chi connectivity index (χ3n) is 15.2. The molecule has 1 saturated heterocycles. The predicted octanol–water partition coefficient (Wildman–Crippen LogP) is 3.86. The number of nitrogens with zero attached hydrogens (tertiary/aromatic N) is 1. The van der Waals surface area contributed by atoms with Crippen LogP contribution in [-0.4, -0.2) is 159 Å². The zero-order valence-electron chi connectivity index (χ0n) is 52.7. The number of methoxy groups -OCH3 is 1. The molecule has 0 bridgehead atoms. The first kappa shape index (κ1) is 74.0. The first-order chi connectivity index (χ1) is 41.6. The van der Waals surface area contributed by atoms with Crippen molar-refractivity contribution < 1.29 is 79.9 Å². The van der Waals surface area contributed by atoms with Crippen molar-refractivity contribution in [2.75, 3.05) is 39.1 Å². The molecule has 89 heavy (non-hydrogen) atoms.